The predicted molar refractivity (Wildman–Crippen MR) is 74.0 cm³/mol. The summed E-state index contributed by atoms with van der Waals surface area (Å²) in [4.78, 5) is 14.1. The highest BCUT2D eigenvalue weighted by Gasteiger charge is 2.18. The Morgan fingerprint density at radius 1 is 1.29 bits per heavy atom. The van der Waals surface area contributed by atoms with E-state index in [1.54, 1.807) is 0 Å². The van der Waals surface area contributed by atoms with Gasteiger partial charge in [-0.2, -0.15) is 0 Å². The fourth-order valence-electron chi connectivity index (χ4n) is 1.84. The average molecular weight is 242 g/mol. The summed E-state index contributed by atoms with van der Waals surface area (Å²) in [5.41, 5.74) is 0. The van der Waals surface area contributed by atoms with Crippen LogP contribution in [0, 0.1) is 11.8 Å². The Hall–Kier alpha value is -0.570. The smallest absolute Gasteiger partial charge is 0.223 e. The van der Waals surface area contributed by atoms with Crippen LogP contribution in [0.15, 0.2) is 0 Å². The Morgan fingerprint density at radius 3 is 2.47 bits per heavy atom. The summed E-state index contributed by atoms with van der Waals surface area (Å²) in [6.07, 6.45) is 3.32. The largest absolute Gasteiger partial charge is 0.356 e. The molecule has 0 saturated carbocycles. The van der Waals surface area contributed by atoms with Crippen molar-refractivity contribution < 1.29 is 4.79 Å². The van der Waals surface area contributed by atoms with Crippen molar-refractivity contribution in [1.82, 2.24) is 10.2 Å². The van der Waals surface area contributed by atoms with Crippen molar-refractivity contribution in [2.75, 3.05) is 26.7 Å². The van der Waals surface area contributed by atoms with Crippen LogP contribution in [-0.4, -0.2) is 37.5 Å². The Balaban J connectivity index is 3.71. The molecule has 2 unspecified atom stereocenters. The summed E-state index contributed by atoms with van der Waals surface area (Å²) in [7, 11) is 2.10. The fourth-order valence-corrected chi connectivity index (χ4v) is 1.84. The molecule has 0 rings (SSSR count). The summed E-state index contributed by atoms with van der Waals surface area (Å²) >= 11 is 0. The van der Waals surface area contributed by atoms with Crippen LogP contribution in [0.2, 0.25) is 0 Å². The Bertz CT molecular complexity index is 206. The van der Waals surface area contributed by atoms with Gasteiger partial charge in [-0.25, -0.2) is 0 Å². The number of nitrogens with one attached hydrogen (secondary N) is 1. The van der Waals surface area contributed by atoms with Gasteiger partial charge in [0.05, 0.1) is 0 Å². The van der Waals surface area contributed by atoms with E-state index in [-0.39, 0.29) is 11.8 Å². The number of amides is 1. The summed E-state index contributed by atoms with van der Waals surface area (Å²) in [6, 6.07) is 0. The van der Waals surface area contributed by atoms with Crippen LogP contribution < -0.4 is 5.32 Å². The number of rotatable bonds is 9. The first-order chi connectivity index (χ1) is 8.02. The number of hydrogen-bond acceptors (Lipinski definition) is 2. The molecule has 17 heavy (non-hydrogen) atoms. The third kappa shape index (κ3) is 7.37. The molecule has 0 fully saturated rings. The normalized spacial score (nSPS) is 14.7. The number of hydrogen-bond donors (Lipinski definition) is 1. The molecule has 3 nitrogen and oxygen atoms in total. The first kappa shape index (κ1) is 16.4. The van der Waals surface area contributed by atoms with Gasteiger partial charge >= 0.3 is 0 Å². The molecular weight excluding hydrogens is 212 g/mol. The standard InChI is InChI=1S/C14H30N2O/c1-6-9-12(3)13(4)14(17)15-10-8-11-16(5)7-2/h12-13H,6-11H2,1-5H3,(H,15,17). The summed E-state index contributed by atoms with van der Waals surface area (Å²) in [5, 5.41) is 3.04. The maximum Gasteiger partial charge on any atom is 0.223 e. The van der Waals surface area contributed by atoms with Crippen molar-refractivity contribution in [3.8, 4) is 0 Å². The minimum atomic E-state index is 0.138. The second-order valence-electron chi connectivity index (χ2n) is 5.10. The van der Waals surface area contributed by atoms with Crippen molar-refractivity contribution in [2.45, 2.75) is 47.0 Å². The molecule has 0 aliphatic rings. The van der Waals surface area contributed by atoms with Crippen molar-refractivity contribution in [3.05, 3.63) is 0 Å². The van der Waals surface area contributed by atoms with Gasteiger partial charge in [0.2, 0.25) is 5.91 Å². The molecule has 0 saturated heterocycles. The highest BCUT2D eigenvalue weighted by atomic mass is 16.1. The molecule has 1 amide bonds. The zero-order valence-electron chi connectivity index (χ0n) is 12.3. The molecule has 0 aromatic carbocycles. The van der Waals surface area contributed by atoms with Gasteiger partial charge in [-0.1, -0.05) is 40.5 Å². The van der Waals surface area contributed by atoms with E-state index >= 15 is 0 Å². The van der Waals surface area contributed by atoms with Gasteiger partial charge in [-0.3, -0.25) is 4.79 Å². The topological polar surface area (TPSA) is 32.3 Å². The SMILES string of the molecule is CCCC(C)C(C)C(=O)NCCCN(C)CC. The Labute approximate surface area is 107 Å². The highest BCUT2D eigenvalue weighted by molar-refractivity contribution is 5.78. The molecule has 0 aromatic rings. The van der Waals surface area contributed by atoms with Crippen molar-refractivity contribution in [1.29, 1.82) is 0 Å². The van der Waals surface area contributed by atoms with Gasteiger partial charge in [0.15, 0.2) is 0 Å². The lowest BCUT2D eigenvalue weighted by molar-refractivity contribution is -0.125. The fraction of sp³-hybridized carbons (Fsp3) is 0.929. The van der Waals surface area contributed by atoms with E-state index in [0.29, 0.717) is 5.92 Å². The van der Waals surface area contributed by atoms with Crippen molar-refractivity contribution in [2.24, 2.45) is 11.8 Å². The first-order valence-electron chi connectivity index (χ1n) is 6.99. The predicted octanol–water partition coefficient (Wildman–Crippen LogP) is 2.52. The lowest BCUT2D eigenvalue weighted by Gasteiger charge is -2.19. The van der Waals surface area contributed by atoms with E-state index in [0.717, 1.165) is 38.9 Å². The zero-order valence-corrected chi connectivity index (χ0v) is 12.3. The second-order valence-corrected chi connectivity index (χ2v) is 5.10. The molecule has 0 heterocycles. The van der Waals surface area contributed by atoms with Crippen LogP contribution in [-0.2, 0) is 4.79 Å². The van der Waals surface area contributed by atoms with Gasteiger partial charge in [-0.05, 0) is 32.5 Å². The van der Waals surface area contributed by atoms with E-state index in [2.05, 4.69) is 38.0 Å². The van der Waals surface area contributed by atoms with Gasteiger partial charge in [0.25, 0.3) is 0 Å². The molecule has 0 aromatic heterocycles. The molecule has 0 radical (unpaired) electrons. The van der Waals surface area contributed by atoms with Gasteiger partial charge in [0, 0.05) is 12.5 Å². The monoisotopic (exact) mass is 242 g/mol. The molecule has 0 bridgehead atoms. The van der Waals surface area contributed by atoms with Crippen LogP contribution in [0.25, 0.3) is 0 Å². The summed E-state index contributed by atoms with van der Waals surface area (Å²) < 4.78 is 0. The minimum absolute atomic E-state index is 0.138. The first-order valence-corrected chi connectivity index (χ1v) is 6.99. The van der Waals surface area contributed by atoms with E-state index < -0.39 is 0 Å². The molecule has 0 spiro atoms. The lowest BCUT2D eigenvalue weighted by Crippen LogP contribution is -2.34. The number of carbonyl (C=O) groups is 1. The van der Waals surface area contributed by atoms with Gasteiger partial charge < -0.3 is 10.2 Å². The van der Waals surface area contributed by atoms with Gasteiger partial charge in [0.1, 0.15) is 0 Å². The molecule has 0 aliphatic heterocycles. The molecule has 102 valence electrons. The molecule has 2 atom stereocenters. The Kier molecular flexibility index (Phi) is 9.14. The summed E-state index contributed by atoms with van der Waals surface area (Å²) in [5.74, 6) is 0.835. The second kappa shape index (κ2) is 9.46. The van der Waals surface area contributed by atoms with E-state index in [1.165, 1.54) is 0 Å². The van der Waals surface area contributed by atoms with Crippen LogP contribution >= 0.6 is 0 Å². The Morgan fingerprint density at radius 2 is 1.94 bits per heavy atom. The molecular formula is C14H30N2O. The highest BCUT2D eigenvalue weighted by Crippen LogP contribution is 2.16. The zero-order chi connectivity index (χ0) is 13.3. The summed E-state index contributed by atoms with van der Waals surface area (Å²) in [6.45, 7) is 11.4. The van der Waals surface area contributed by atoms with E-state index in [9.17, 15) is 4.79 Å². The molecule has 1 N–H and O–H groups in total. The maximum absolute atomic E-state index is 11.8. The third-order valence-corrected chi connectivity index (χ3v) is 3.57. The quantitative estimate of drug-likeness (QED) is 0.630. The van der Waals surface area contributed by atoms with Crippen LogP contribution in [0.1, 0.15) is 47.0 Å². The lowest BCUT2D eigenvalue weighted by atomic mass is 9.91. The van der Waals surface area contributed by atoms with Crippen LogP contribution in [0.4, 0.5) is 0 Å². The molecule has 0 aliphatic carbocycles. The van der Waals surface area contributed by atoms with Crippen LogP contribution in [0.5, 0.6) is 0 Å². The molecule has 3 heteroatoms. The van der Waals surface area contributed by atoms with Crippen LogP contribution in [0.3, 0.4) is 0 Å². The van der Waals surface area contributed by atoms with Crippen molar-refractivity contribution >= 4 is 5.91 Å². The maximum atomic E-state index is 11.8. The third-order valence-electron chi connectivity index (χ3n) is 3.57. The van der Waals surface area contributed by atoms with Gasteiger partial charge in [-0.15, -0.1) is 0 Å². The van der Waals surface area contributed by atoms with E-state index in [4.69, 9.17) is 0 Å². The number of carbonyl (C=O) groups excluding carboxylic acids is 1. The minimum Gasteiger partial charge on any atom is -0.356 e. The van der Waals surface area contributed by atoms with Crippen molar-refractivity contribution in [3.63, 3.8) is 0 Å². The van der Waals surface area contributed by atoms with E-state index in [1.807, 2.05) is 6.92 Å². The number of nitrogens with zero attached hydrogens (tertiary/aromatic N) is 1. The average Bonchev–Trinajstić information content (AvgIpc) is 2.33.